The average molecular weight is 358 g/mol. The van der Waals surface area contributed by atoms with Crippen molar-refractivity contribution in [3.8, 4) is 0 Å². The Labute approximate surface area is 151 Å². The third kappa shape index (κ3) is 2.97. The number of aromatic nitrogens is 2. The molecule has 2 aliphatic rings. The highest BCUT2D eigenvalue weighted by atomic mass is 32.1. The van der Waals surface area contributed by atoms with Crippen molar-refractivity contribution in [2.45, 2.75) is 26.3 Å². The topological polar surface area (TPSA) is 58.4 Å². The molecule has 132 valence electrons. The molecule has 0 radical (unpaired) electrons. The standard InChI is InChI=1S/C18H22N4O2S/c1-13-19-14(10-25-13)9-22-12-18(8-16(22)23)5-7-21(11-18)17(24)15-4-3-6-20(15)2/h3-4,6,10H,5,7-9,11-12H2,1-2H3/t18-/m1/s1. The van der Waals surface area contributed by atoms with Gasteiger partial charge < -0.3 is 14.4 Å². The number of aryl methyl sites for hydroxylation is 2. The van der Waals surface area contributed by atoms with Gasteiger partial charge >= 0.3 is 0 Å². The van der Waals surface area contributed by atoms with Crippen LogP contribution < -0.4 is 0 Å². The van der Waals surface area contributed by atoms with Gasteiger partial charge in [-0.05, 0) is 25.5 Å². The smallest absolute Gasteiger partial charge is 0.270 e. The van der Waals surface area contributed by atoms with Crippen molar-refractivity contribution >= 4 is 23.2 Å². The summed E-state index contributed by atoms with van der Waals surface area (Å²) in [7, 11) is 1.88. The van der Waals surface area contributed by atoms with Gasteiger partial charge in [0.1, 0.15) is 5.69 Å². The molecule has 2 aromatic rings. The molecule has 4 heterocycles. The second-order valence-corrected chi connectivity index (χ2v) is 8.33. The van der Waals surface area contributed by atoms with Crippen LogP contribution >= 0.6 is 11.3 Å². The lowest BCUT2D eigenvalue weighted by Crippen LogP contribution is -2.34. The molecule has 4 rings (SSSR count). The van der Waals surface area contributed by atoms with Gasteiger partial charge in [-0.3, -0.25) is 9.59 Å². The third-order valence-corrected chi connectivity index (χ3v) is 6.14. The Bertz CT molecular complexity index is 827. The van der Waals surface area contributed by atoms with Crippen LogP contribution in [0.1, 0.15) is 34.0 Å². The van der Waals surface area contributed by atoms with E-state index in [9.17, 15) is 9.59 Å². The molecule has 2 fully saturated rings. The van der Waals surface area contributed by atoms with E-state index >= 15 is 0 Å². The van der Waals surface area contributed by atoms with Crippen LogP contribution in [-0.4, -0.2) is 50.8 Å². The molecule has 1 atom stereocenters. The van der Waals surface area contributed by atoms with Gasteiger partial charge in [0.15, 0.2) is 0 Å². The summed E-state index contributed by atoms with van der Waals surface area (Å²) in [5.74, 6) is 0.240. The molecule has 0 bridgehead atoms. The molecule has 2 amide bonds. The van der Waals surface area contributed by atoms with E-state index in [1.807, 2.05) is 52.0 Å². The van der Waals surface area contributed by atoms with Crippen LogP contribution in [0.4, 0.5) is 0 Å². The first kappa shape index (κ1) is 16.3. The molecule has 0 aliphatic carbocycles. The summed E-state index contributed by atoms with van der Waals surface area (Å²) < 4.78 is 1.85. The summed E-state index contributed by atoms with van der Waals surface area (Å²) in [6.45, 7) is 4.66. The molecule has 6 nitrogen and oxygen atoms in total. The van der Waals surface area contributed by atoms with Crippen LogP contribution in [-0.2, 0) is 18.4 Å². The second-order valence-electron chi connectivity index (χ2n) is 7.27. The van der Waals surface area contributed by atoms with Gasteiger partial charge in [0.2, 0.25) is 5.91 Å². The van der Waals surface area contributed by atoms with E-state index in [2.05, 4.69) is 4.98 Å². The highest BCUT2D eigenvalue weighted by Crippen LogP contribution is 2.41. The number of rotatable bonds is 3. The van der Waals surface area contributed by atoms with E-state index in [-0.39, 0.29) is 17.2 Å². The van der Waals surface area contributed by atoms with Crippen LogP contribution in [0.15, 0.2) is 23.7 Å². The molecule has 25 heavy (non-hydrogen) atoms. The largest absolute Gasteiger partial charge is 0.347 e. The SMILES string of the molecule is Cc1nc(CN2C[C@]3(CCN(C(=O)c4cccn4C)C3)CC2=O)cs1. The van der Waals surface area contributed by atoms with Crippen molar-refractivity contribution in [1.82, 2.24) is 19.4 Å². The van der Waals surface area contributed by atoms with Gasteiger partial charge in [0, 0.05) is 50.1 Å². The number of likely N-dealkylation sites (tertiary alicyclic amines) is 2. The summed E-state index contributed by atoms with van der Waals surface area (Å²) in [5.41, 5.74) is 1.57. The molecular weight excluding hydrogens is 336 g/mol. The summed E-state index contributed by atoms with van der Waals surface area (Å²) in [6.07, 6.45) is 3.31. The minimum atomic E-state index is -0.0943. The highest BCUT2D eigenvalue weighted by Gasteiger charge is 2.48. The molecule has 0 aromatic carbocycles. The van der Waals surface area contributed by atoms with E-state index < -0.39 is 0 Å². The Morgan fingerprint density at radius 2 is 2.24 bits per heavy atom. The Balaban J connectivity index is 1.44. The first-order valence-corrected chi connectivity index (χ1v) is 9.43. The Kier molecular flexibility index (Phi) is 3.91. The number of carbonyl (C=O) groups is 2. The second kappa shape index (κ2) is 5.98. The summed E-state index contributed by atoms with van der Waals surface area (Å²) in [5, 5.41) is 3.05. The molecule has 0 unspecified atom stereocenters. The van der Waals surface area contributed by atoms with E-state index in [0.29, 0.717) is 25.2 Å². The number of amides is 2. The lowest BCUT2D eigenvalue weighted by atomic mass is 9.86. The van der Waals surface area contributed by atoms with Crippen LogP contribution in [0, 0.1) is 12.3 Å². The molecule has 1 spiro atoms. The third-order valence-electron chi connectivity index (χ3n) is 5.31. The number of nitrogens with zero attached hydrogens (tertiary/aromatic N) is 4. The number of carbonyl (C=O) groups excluding carboxylic acids is 2. The fourth-order valence-corrected chi connectivity index (χ4v) is 4.63. The first-order chi connectivity index (χ1) is 12.0. The number of thiazole rings is 1. The van der Waals surface area contributed by atoms with Crippen molar-refractivity contribution in [2.75, 3.05) is 19.6 Å². The van der Waals surface area contributed by atoms with Gasteiger partial charge in [0.25, 0.3) is 5.91 Å². The fraction of sp³-hybridized carbons (Fsp3) is 0.500. The zero-order chi connectivity index (χ0) is 17.6. The fourth-order valence-electron chi connectivity index (χ4n) is 4.03. The molecule has 0 saturated carbocycles. The molecule has 2 aromatic heterocycles. The van der Waals surface area contributed by atoms with Crippen molar-refractivity contribution in [3.05, 3.63) is 40.1 Å². The normalized spacial score (nSPS) is 23.2. The summed E-state index contributed by atoms with van der Waals surface area (Å²) >= 11 is 1.61. The first-order valence-electron chi connectivity index (χ1n) is 8.55. The maximum Gasteiger partial charge on any atom is 0.270 e. The van der Waals surface area contributed by atoms with E-state index in [4.69, 9.17) is 0 Å². The van der Waals surface area contributed by atoms with E-state index in [1.54, 1.807) is 11.3 Å². The Morgan fingerprint density at radius 3 is 2.92 bits per heavy atom. The van der Waals surface area contributed by atoms with Crippen LogP contribution in [0.5, 0.6) is 0 Å². The van der Waals surface area contributed by atoms with Gasteiger partial charge in [-0.1, -0.05) is 0 Å². The van der Waals surface area contributed by atoms with E-state index in [1.165, 1.54) is 0 Å². The quantitative estimate of drug-likeness (QED) is 0.844. The molecule has 0 N–H and O–H groups in total. The van der Waals surface area contributed by atoms with Crippen molar-refractivity contribution in [2.24, 2.45) is 12.5 Å². The van der Waals surface area contributed by atoms with Crippen LogP contribution in [0.2, 0.25) is 0 Å². The van der Waals surface area contributed by atoms with Gasteiger partial charge in [-0.15, -0.1) is 11.3 Å². The van der Waals surface area contributed by atoms with Crippen molar-refractivity contribution in [3.63, 3.8) is 0 Å². The lowest BCUT2D eigenvalue weighted by molar-refractivity contribution is -0.128. The summed E-state index contributed by atoms with van der Waals surface area (Å²) in [6, 6.07) is 3.74. The van der Waals surface area contributed by atoms with Crippen molar-refractivity contribution in [1.29, 1.82) is 0 Å². The Hall–Kier alpha value is -2.15. The van der Waals surface area contributed by atoms with Crippen LogP contribution in [0.25, 0.3) is 0 Å². The molecular formula is C18H22N4O2S. The molecule has 2 saturated heterocycles. The van der Waals surface area contributed by atoms with Gasteiger partial charge in [0.05, 0.1) is 17.2 Å². The van der Waals surface area contributed by atoms with Gasteiger partial charge in [-0.25, -0.2) is 4.98 Å². The number of hydrogen-bond acceptors (Lipinski definition) is 4. The predicted octanol–water partition coefficient (Wildman–Crippen LogP) is 2.05. The minimum Gasteiger partial charge on any atom is -0.347 e. The zero-order valence-electron chi connectivity index (χ0n) is 14.6. The van der Waals surface area contributed by atoms with Crippen molar-refractivity contribution < 1.29 is 9.59 Å². The highest BCUT2D eigenvalue weighted by molar-refractivity contribution is 7.09. The average Bonchev–Trinajstić information content (AvgIpc) is 3.31. The monoisotopic (exact) mass is 358 g/mol. The zero-order valence-corrected chi connectivity index (χ0v) is 15.4. The van der Waals surface area contributed by atoms with Crippen LogP contribution in [0.3, 0.4) is 0 Å². The predicted molar refractivity (Wildman–Crippen MR) is 95.3 cm³/mol. The number of hydrogen-bond donors (Lipinski definition) is 0. The Morgan fingerprint density at radius 1 is 1.40 bits per heavy atom. The maximum absolute atomic E-state index is 12.7. The molecule has 7 heteroatoms. The maximum atomic E-state index is 12.7. The van der Waals surface area contributed by atoms with E-state index in [0.717, 1.165) is 30.2 Å². The lowest BCUT2D eigenvalue weighted by Gasteiger charge is -2.24. The minimum absolute atomic E-state index is 0.0606. The van der Waals surface area contributed by atoms with Gasteiger partial charge in [-0.2, -0.15) is 0 Å². The summed E-state index contributed by atoms with van der Waals surface area (Å²) in [4.78, 5) is 33.5. The molecule has 2 aliphatic heterocycles.